The van der Waals surface area contributed by atoms with E-state index in [4.69, 9.17) is 0 Å². The predicted molar refractivity (Wildman–Crippen MR) is 86.6 cm³/mol. The zero-order valence-corrected chi connectivity index (χ0v) is 14.5. The van der Waals surface area contributed by atoms with Crippen LogP contribution in [-0.4, -0.2) is 10.2 Å². The van der Waals surface area contributed by atoms with Crippen LogP contribution in [0.3, 0.4) is 0 Å². The number of halogens is 6. The summed E-state index contributed by atoms with van der Waals surface area (Å²) in [6.45, 7) is 2.63. The van der Waals surface area contributed by atoms with Crippen molar-refractivity contribution in [1.82, 2.24) is 0 Å². The van der Waals surface area contributed by atoms with Crippen molar-refractivity contribution >= 4 is 0 Å². The molecule has 0 bridgehead atoms. The van der Waals surface area contributed by atoms with Gasteiger partial charge >= 0.3 is 12.4 Å². The maximum Gasteiger partial charge on any atom is 0.416 e. The van der Waals surface area contributed by atoms with Crippen molar-refractivity contribution in [2.45, 2.75) is 43.8 Å². The van der Waals surface area contributed by atoms with Gasteiger partial charge in [0, 0.05) is 6.42 Å². The molecular formula is C19H18F6O2. The number of aliphatic hydroxyl groups is 2. The normalized spacial score (nSPS) is 17.3. The minimum absolute atomic E-state index is 0.141. The largest absolute Gasteiger partial charge is 0.416 e. The predicted octanol–water partition coefficient (Wildman–Crippen LogP) is 5.23. The van der Waals surface area contributed by atoms with Crippen molar-refractivity contribution in [2.24, 2.45) is 0 Å². The maximum atomic E-state index is 12.6. The molecule has 2 aromatic rings. The molecule has 2 rings (SSSR count). The second-order valence-corrected chi connectivity index (χ2v) is 6.87. The van der Waals surface area contributed by atoms with Gasteiger partial charge < -0.3 is 10.2 Å². The molecule has 0 fully saturated rings. The van der Waals surface area contributed by atoms with Gasteiger partial charge in [0.1, 0.15) is 0 Å². The number of rotatable bonds is 4. The van der Waals surface area contributed by atoms with Gasteiger partial charge in [-0.25, -0.2) is 0 Å². The lowest BCUT2D eigenvalue weighted by atomic mass is 9.80. The first-order valence-corrected chi connectivity index (χ1v) is 7.93. The van der Waals surface area contributed by atoms with Gasteiger partial charge in [-0.05, 0) is 49.2 Å². The van der Waals surface area contributed by atoms with E-state index >= 15 is 0 Å². The molecule has 148 valence electrons. The smallest absolute Gasteiger partial charge is 0.385 e. The fraction of sp³-hybridized carbons (Fsp3) is 0.368. The molecule has 0 amide bonds. The molecule has 0 unspecified atom stereocenters. The van der Waals surface area contributed by atoms with Crippen molar-refractivity contribution in [1.29, 1.82) is 0 Å². The molecule has 27 heavy (non-hydrogen) atoms. The van der Waals surface area contributed by atoms with Gasteiger partial charge in [0.25, 0.3) is 0 Å². The van der Waals surface area contributed by atoms with E-state index in [-0.39, 0.29) is 17.5 Å². The van der Waals surface area contributed by atoms with E-state index in [2.05, 4.69) is 0 Å². The van der Waals surface area contributed by atoms with Gasteiger partial charge in [0.05, 0.1) is 22.3 Å². The zero-order chi connectivity index (χ0) is 20.7. The summed E-state index contributed by atoms with van der Waals surface area (Å²) in [5.41, 5.74) is -4.90. The quantitative estimate of drug-likeness (QED) is 0.700. The second kappa shape index (κ2) is 6.83. The van der Waals surface area contributed by atoms with Crippen molar-refractivity contribution in [2.75, 3.05) is 0 Å². The standard InChI is InChI=1S/C19H18F6O2/c1-16(26,12-3-7-14(8-4-12)18(20,21)22)11-17(2,27)13-5-9-15(10-6-13)19(23,24)25/h3-10,26-27H,11H2,1-2H3/t16-,17-/m0/s1. The Morgan fingerprint density at radius 3 is 1.00 bits per heavy atom. The lowest BCUT2D eigenvalue weighted by Crippen LogP contribution is -2.34. The molecule has 2 aromatic carbocycles. The summed E-state index contributed by atoms with van der Waals surface area (Å²) >= 11 is 0. The highest BCUT2D eigenvalue weighted by Crippen LogP contribution is 2.38. The van der Waals surface area contributed by atoms with Crippen molar-refractivity contribution in [3.63, 3.8) is 0 Å². The molecule has 0 heterocycles. The molecule has 0 aliphatic carbocycles. The first-order valence-electron chi connectivity index (χ1n) is 7.93. The first-order chi connectivity index (χ1) is 12.1. The van der Waals surface area contributed by atoms with Gasteiger partial charge in [-0.1, -0.05) is 24.3 Å². The Kier molecular flexibility index (Phi) is 5.38. The van der Waals surface area contributed by atoms with Gasteiger partial charge in [0.2, 0.25) is 0 Å². The van der Waals surface area contributed by atoms with E-state index in [0.29, 0.717) is 0 Å². The lowest BCUT2D eigenvalue weighted by Gasteiger charge is -2.33. The Labute approximate surface area is 152 Å². The van der Waals surface area contributed by atoms with E-state index in [1.165, 1.54) is 13.8 Å². The van der Waals surface area contributed by atoms with Crippen LogP contribution in [0, 0.1) is 0 Å². The third-order valence-corrected chi connectivity index (χ3v) is 4.36. The highest BCUT2D eigenvalue weighted by molar-refractivity contribution is 5.32. The Balaban J connectivity index is 2.24. The average molecular weight is 392 g/mol. The summed E-state index contributed by atoms with van der Waals surface area (Å²) < 4.78 is 75.9. The molecule has 0 saturated carbocycles. The average Bonchev–Trinajstić information content (AvgIpc) is 2.52. The van der Waals surface area contributed by atoms with E-state index in [9.17, 15) is 36.6 Å². The molecule has 2 N–H and O–H groups in total. The summed E-state index contributed by atoms with van der Waals surface area (Å²) in [5.74, 6) is 0. The van der Waals surface area contributed by atoms with Crippen LogP contribution in [0.4, 0.5) is 26.3 Å². The summed E-state index contributed by atoms with van der Waals surface area (Å²) in [6, 6.07) is 7.68. The topological polar surface area (TPSA) is 40.5 Å². The van der Waals surface area contributed by atoms with Gasteiger partial charge in [-0.3, -0.25) is 0 Å². The Bertz CT molecular complexity index is 704. The molecule has 2 atom stereocenters. The Morgan fingerprint density at radius 1 is 0.556 bits per heavy atom. The molecule has 0 aromatic heterocycles. The van der Waals surface area contributed by atoms with Crippen LogP contribution in [0.2, 0.25) is 0 Å². The van der Waals surface area contributed by atoms with Crippen LogP contribution in [0.15, 0.2) is 48.5 Å². The first kappa shape index (κ1) is 21.2. The monoisotopic (exact) mass is 392 g/mol. The van der Waals surface area contributed by atoms with Crippen LogP contribution in [0.1, 0.15) is 42.5 Å². The number of hydrogen-bond donors (Lipinski definition) is 2. The Hall–Kier alpha value is -2.06. The second-order valence-electron chi connectivity index (χ2n) is 6.87. The molecule has 0 spiro atoms. The minimum atomic E-state index is -4.52. The highest BCUT2D eigenvalue weighted by Gasteiger charge is 2.37. The van der Waals surface area contributed by atoms with E-state index < -0.39 is 34.7 Å². The van der Waals surface area contributed by atoms with Crippen molar-refractivity contribution in [3.8, 4) is 0 Å². The fourth-order valence-electron chi connectivity index (χ4n) is 2.91. The summed E-state index contributed by atoms with van der Waals surface area (Å²) in [6.07, 6.45) is -9.37. The molecular weight excluding hydrogens is 374 g/mol. The van der Waals surface area contributed by atoms with Crippen LogP contribution in [0.5, 0.6) is 0 Å². The van der Waals surface area contributed by atoms with Crippen LogP contribution >= 0.6 is 0 Å². The maximum absolute atomic E-state index is 12.6. The summed E-state index contributed by atoms with van der Waals surface area (Å²) in [4.78, 5) is 0. The molecule has 2 nitrogen and oxygen atoms in total. The van der Waals surface area contributed by atoms with Gasteiger partial charge in [-0.2, -0.15) is 26.3 Å². The minimum Gasteiger partial charge on any atom is -0.385 e. The third kappa shape index (κ3) is 5.01. The van der Waals surface area contributed by atoms with Gasteiger partial charge in [-0.15, -0.1) is 0 Å². The van der Waals surface area contributed by atoms with Crippen LogP contribution in [0.25, 0.3) is 0 Å². The van der Waals surface area contributed by atoms with Gasteiger partial charge in [0.15, 0.2) is 0 Å². The van der Waals surface area contributed by atoms with Crippen molar-refractivity contribution < 1.29 is 36.6 Å². The van der Waals surface area contributed by atoms with Crippen molar-refractivity contribution in [3.05, 3.63) is 70.8 Å². The molecule has 0 radical (unpaired) electrons. The molecule has 0 aliphatic heterocycles. The third-order valence-electron chi connectivity index (χ3n) is 4.36. The number of alkyl halides is 6. The van der Waals surface area contributed by atoms with E-state index in [0.717, 1.165) is 48.5 Å². The van der Waals surface area contributed by atoms with E-state index in [1.54, 1.807) is 0 Å². The number of hydrogen-bond acceptors (Lipinski definition) is 2. The van der Waals surface area contributed by atoms with E-state index in [1.807, 2.05) is 0 Å². The SMILES string of the molecule is C[C@](O)(C[C@](C)(O)c1ccc(C(F)(F)F)cc1)c1ccc(C(F)(F)F)cc1. The lowest BCUT2D eigenvalue weighted by molar-refractivity contribution is -0.138. The van der Waals surface area contributed by atoms with Crippen LogP contribution < -0.4 is 0 Å². The summed E-state index contributed by atoms with van der Waals surface area (Å²) in [5, 5.41) is 21.3. The molecule has 0 aliphatic rings. The zero-order valence-electron chi connectivity index (χ0n) is 14.5. The molecule has 0 saturated heterocycles. The Morgan fingerprint density at radius 2 is 0.778 bits per heavy atom. The summed E-state index contributed by atoms with van der Waals surface area (Å²) in [7, 11) is 0. The molecule has 8 heteroatoms. The fourth-order valence-corrected chi connectivity index (χ4v) is 2.91. The van der Waals surface area contributed by atoms with Crippen LogP contribution in [-0.2, 0) is 23.6 Å². The highest BCUT2D eigenvalue weighted by atomic mass is 19.4. The number of benzene rings is 2.